The molecular formula is C24H28N2O4. The van der Waals surface area contributed by atoms with Gasteiger partial charge in [0.05, 0.1) is 25.4 Å². The van der Waals surface area contributed by atoms with Crippen LogP contribution in [0.2, 0.25) is 0 Å². The van der Waals surface area contributed by atoms with Gasteiger partial charge in [0.2, 0.25) is 0 Å². The Morgan fingerprint density at radius 2 is 2.03 bits per heavy atom. The van der Waals surface area contributed by atoms with E-state index in [-0.39, 0.29) is 28.9 Å². The highest BCUT2D eigenvalue weighted by Crippen LogP contribution is 2.56. The smallest absolute Gasteiger partial charge is 0.255 e. The van der Waals surface area contributed by atoms with Gasteiger partial charge in [0.25, 0.3) is 5.91 Å². The number of aryl methyl sites for hydroxylation is 1. The van der Waals surface area contributed by atoms with Crippen molar-refractivity contribution in [2.45, 2.75) is 38.9 Å². The summed E-state index contributed by atoms with van der Waals surface area (Å²) in [6, 6.07) is 9.72. The number of nitrogens with zero attached hydrogens (tertiary/aromatic N) is 2. The maximum atomic E-state index is 12.8. The molecule has 2 fully saturated rings. The first-order valence-corrected chi connectivity index (χ1v) is 10.5. The molecule has 0 bridgehead atoms. The number of methoxy groups -OCH3 is 1. The number of ether oxygens (including phenoxy) is 3. The second kappa shape index (κ2) is 6.71. The average molecular weight is 408 g/mol. The molecule has 5 rings (SSSR count). The number of fused-ring (bicyclic) bond motifs is 3. The van der Waals surface area contributed by atoms with E-state index in [0.29, 0.717) is 25.3 Å². The lowest BCUT2D eigenvalue weighted by Crippen LogP contribution is -2.65. The molecule has 1 aromatic heterocycles. The number of carbonyl (C=O) groups excluding carboxylic acids is 1. The summed E-state index contributed by atoms with van der Waals surface area (Å²) in [5.41, 5.74) is 2.23. The van der Waals surface area contributed by atoms with Crippen LogP contribution in [0.25, 0.3) is 0 Å². The van der Waals surface area contributed by atoms with Crippen LogP contribution in [-0.4, -0.2) is 48.2 Å². The van der Waals surface area contributed by atoms with Gasteiger partial charge < -0.3 is 19.1 Å². The summed E-state index contributed by atoms with van der Waals surface area (Å²) in [5, 5.41) is 0. The molecule has 4 heterocycles. The van der Waals surface area contributed by atoms with Crippen LogP contribution in [0.3, 0.4) is 0 Å². The standard InChI is InChI=1S/C24H28N2O4/c1-15-8-9-16(11-25-15)22(27)26-12-24(13-26)10-18-20(29-14-24)17-6-5-7-19(28-4)21(17)30-23(18,2)3/h5-9,11,18,20H,10,12-14H2,1-4H3/t18-,20+/m0/s1. The zero-order chi connectivity index (χ0) is 21.1. The normalized spacial score (nSPS) is 25.5. The van der Waals surface area contributed by atoms with Crippen molar-refractivity contribution in [2.75, 3.05) is 26.8 Å². The van der Waals surface area contributed by atoms with Crippen molar-refractivity contribution in [2.24, 2.45) is 11.3 Å². The van der Waals surface area contributed by atoms with Gasteiger partial charge in [-0.25, -0.2) is 0 Å². The molecule has 1 amide bonds. The number of carbonyl (C=O) groups is 1. The third-order valence-electron chi connectivity index (χ3n) is 6.88. The zero-order valence-electron chi connectivity index (χ0n) is 18.0. The Bertz CT molecular complexity index is 979. The van der Waals surface area contributed by atoms with Gasteiger partial charge in [-0.3, -0.25) is 9.78 Å². The van der Waals surface area contributed by atoms with Crippen LogP contribution in [0.1, 0.15) is 48.0 Å². The molecule has 2 aromatic rings. The van der Waals surface area contributed by atoms with Crippen LogP contribution < -0.4 is 9.47 Å². The van der Waals surface area contributed by atoms with Crippen LogP contribution in [0.5, 0.6) is 11.5 Å². The lowest BCUT2D eigenvalue weighted by atomic mass is 9.64. The van der Waals surface area contributed by atoms with E-state index in [4.69, 9.17) is 14.2 Å². The highest BCUT2D eigenvalue weighted by atomic mass is 16.5. The molecule has 0 N–H and O–H groups in total. The predicted molar refractivity (Wildman–Crippen MR) is 112 cm³/mol. The molecule has 3 aliphatic heterocycles. The van der Waals surface area contributed by atoms with Crippen molar-refractivity contribution < 1.29 is 19.0 Å². The lowest BCUT2D eigenvalue weighted by Gasteiger charge is -2.58. The maximum absolute atomic E-state index is 12.8. The molecule has 0 saturated carbocycles. The molecule has 0 aliphatic carbocycles. The van der Waals surface area contributed by atoms with Crippen molar-refractivity contribution >= 4 is 5.91 Å². The fourth-order valence-electron chi connectivity index (χ4n) is 5.20. The maximum Gasteiger partial charge on any atom is 0.255 e. The van der Waals surface area contributed by atoms with Gasteiger partial charge in [-0.15, -0.1) is 0 Å². The Hall–Kier alpha value is -2.60. The Labute approximate surface area is 177 Å². The van der Waals surface area contributed by atoms with Crippen LogP contribution in [0.4, 0.5) is 0 Å². The predicted octanol–water partition coefficient (Wildman–Crippen LogP) is 3.79. The number of para-hydroxylation sites is 1. The highest BCUT2D eigenvalue weighted by Gasteiger charge is 2.57. The minimum atomic E-state index is -0.384. The second-order valence-electron chi connectivity index (χ2n) is 9.48. The van der Waals surface area contributed by atoms with Gasteiger partial charge in [-0.2, -0.15) is 0 Å². The number of pyridine rings is 1. The van der Waals surface area contributed by atoms with Crippen LogP contribution in [-0.2, 0) is 4.74 Å². The Balaban J connectivity index is 1.34. The van der Waals surface area contributed by atoms with Gasteiger partial charge in [-0.05, 0) is 45.4 Å². The highest BCUT2D eigenvalue weighted by molar-refractivity contribution is 5.94. The van der Waals surface area contributed by atoms with Crippen molar-refractivity contribution in [1.82, 2.24) is 9.88 Å². The summed E-state index contributed by atoms with van der Waals surface area (Å²) in [7, 11) is 1.66. The molecule has 0 unspecified atom stereocenters. The molecule has 1 aromatic carbocycles. The summed E-state index contributed by atoms with van der Waals surface area (Å²) < 4.78 is 18.4. The summed E-state index contributed by atoms with van der Waals surface area (Å²) in [6.45, 7) is 8.25. The molecule has 30 heavy (non-hydrogen) atoms. The van der Waals surface area contributed by atoms with Crippen molar-refractivity contribution in [3.05, 3.63) is 53.3 Å². The van der Waals surface area contributed by atoms with E-state index in [1.165, 1.54) is 0 Å². The molecule has 6 heteroatoms. The summed E-state index contributed by atoms with van der Waals surface area (Å²) in [4.78, 5) is 19.0. The Kier molecular flexibility index (Phi) is 4.33. The number of benzene rings is 1. The summed E-state index contributed by atoms with van der Waals surface area (Å²) >= 11 is 0. The van der Waals surface area contributed by atoms with Crippen LogP contribution in [0.15, 0.2) is 36.5 Å². The molecule has 0 radical (unpaired) electrons. The van der Waals surface area contributed by atoms with E-state index in [2.05, 4.69) is 24.9 Å². The summed E-state index contributed by atoms with van der Waals surface area (Å²) in [6.07, 6.45) is 2.62. The van der Waals surface area contributed by atoms with Gasteiger partial charge >= 0.3 is 0 Å². The first-order chi connectivity index (χ1) is 14.3. The minimum Gasteiger partial charge on any atom is -0.493 e. The number of amides is 1. The SMILES string of the molecule is COc1cccc2c1OC(C)(C)[C@H]1CC3(CO[C@H]21)CN(C(=O)c1ccc(C)nc1)C3. The molecule has 1 spiro atoms. The second-order valence-corrected chi connectivity index (χ2v) is 9.48. The van der Waals surface area contributed by atoms with E-state index < -0.39 is 0 Å². The fourth-order valence-corrected chi connectivity index (χ4v) is 5.20. The third kappa shape index (κ3) is 2.97. The van der Waals surface area contributed by atoms with E-state index in [9.17, 15) is 4.79 Å². The minimum absolute atomic E-state index is 0.00798. The molecular weight excluding hydrogens is 380 g/mol. The first kappa shape index (κ1) is 19.4. The fraction of sp³-hybridized carbons (Fsp3) is 0.500. The number of aromatic nitrogens is 1. The van der Waals surface area contributed by atoms with E-state index in [1.54, 1.807) is 13.3 Å². The average Bonchev–Trinajstić information content (AvgIpc) is 2.71. The lowest BCUT2D eigenvalue weighted by molar-refractivity contribution is -0.192. The molecule has 2 atom stereocenters. The Morgan fingerprint density at radius 3 is 2.73 bits per heavy atom. The van der Waals surface area contributed by atoms with Crippen molar-refractivity contribution in [3.8, 4) is 11.5 Å². The van der Waals surface area contributed by atoms with E-state index >= 15 is 0 Å². The van der Waals surface area contributed by atoms with E-state index in [1.807, 2.05) is 36.1 Å². The zero-order valence-corrected chi connectivity index (χ0v) is 18.0. The molecule has 2 saturated heterocycles. The van der Waals surface area contributed by atoms with Gasteiger partial charge in [-0.1, -0.05) is 12.1 Å². The number of hydrogen-bond acceptors (Lipinski definition) is 5. The van der Waals surface area contributed by atoms with Crippen LogP contribution in [0, 0.1) is 18.3 Å². The molecule has 3 aliphatic rings. The van der Waals surface area contributed by atoms with Gasteiger partial charge in [0.1, 0.15) is 5.60 Å². The first-order valence-electron chi connectivity index (χ1n) is 10.5. The van der Waals surface area contributed by atoms with Crippen molar-refractivity contribution in [3.63, 3.8) is 0 Å². The molecule has 6 nitrogen and oxygen atoms in total. The number of rotatable bonds is 2. The number of likely N-dealkylation sites (tertiary alicyclic amines) is 1. The topological polar surface area (TPSA) is 60.9 Å². The van der Waals surface area contributed by atoms with E-state index in [0.717, 1.165) is 29.2 Å². The third-order valence-corrected chi connectivity index (χ3v) is 6.88. The Morgan fingerprint density at radius 1 is 1.23 bits per heavy atom. The quantitative estimate of drug-likeness (QED) is 0.757. The van der Waals surface area contributed by atoms with Gasteiger partial charge in [0.15, 0.2) is 11.5 Å². The number of hydrogen-bond donors (Lipinski definition) is 0. The largest absolute Gasteiger partial charge is 0.493 e. The monoisotopic (exact) mass is 408 g/mol. The summed E-state index contributed by atoms with van der Waals surface area (Å²) in [5.74, 6) is 1.79. The van der Waals surface area contributed by atoms with Crippen molar-refractivity contribution in [1.29, 1.82) is 0 Å². The molecule has 158 valence electrons. The van der Waals surface area contributed by atoms with Gasteiger partial charge in [0, 0.05) is 41.9 Å². The van der Waals surface area contributed by atoms with Crippen LogP contribution >= 0.6 is 0 Å².